The molecule has 1 fully saturated rings. The predicted octanol–water partition coefficient (Wildman–Crippen LogP) is 2.38. The van der Waals surface area contributed by atoms with Gasteiger partial charge in [0.15, 0.2) is 0 Å². The molecule has 1 heterocycles. The molecule has 0 aromatic heterocycles. The fourth-order valence-corrected chi connectivity index (χ4v) is 1.58. The number of esters is 1. The van der Waals surface area contributed by atoms with E-state index in [4.69, 9.17) is 4.74 Å². The number of carbonyl (C=O) groups excluding carboxylic acids is 1. The van der Waals surface area contributed by atoms with Crippen LogP contribution in [0.2, 0.25) is 0 Å². The third kappa shape index (κ3) is 3.24. The summed E-state index contributed by atoms with van der Waals surface area (Å²) in [6.07, 6.45) is 4.20. The Morgan fingerprint density at radius 3 is 2.67 bits per heavy atom. The average Bonchev–Trinajstić information content (AvgIpc) is 2.05. The first kappa shape index (κ1) is 9.56. The van der Waals surface area contributed by atoms with Gasteiger partial charge in [-0.15, -0.1) is 0 Å². The van der Waals surface area contributed by atoms with E-state index in [0.29, 0.717) is 24.9 Å². The van der Waals surface area contributed by atoms with Gasteiger partial charge in [-0.1, -0.05) is 26.7 Å². The third-order valence-corrected chi connectivity index (χ3v) is 2.44. The Kier molecular flexibility index (Phi) is 3.57. The van der Waals surface area contributed by atoms with Gasteiger partial charge in [-0.05, 0) is 18.3 Å². The highest BCUT2D eigenvalue weighted by atomic mass is 16.5. The molecule has 0 aromatic carbocycles. The molecule has 70 valence electrons. The van der Waals surface area contributed by atoms with Crippen LogP contribution < -0.4 is 0 Å². The van der Waals surface area contributed by atoms with Crippen LogP contribution >= 0.6 is 0 Å². The minimum absolute atomic E-state index is 0.0174. The van der Waals surface area contributed by atoms with E-state index in [2.05, 4.69) is 13.8 Å². The van der Waals surface area contributed by atoms with Crippen molar-refractivity contribution in [2.45, 2.75) is 39.5 Å². The quantitative estimate of drug-likeness (QED) is 0.522. The lowest BCUT2D eigenvalue weighted by Gasteiger charge is -2.08. The van der Waals surface area contributed by atoms with Gasteiger partial charge in [0, 0.05) is 6.42 Å². The van der Waals surface area contributed by atoms with Crippen LogP contribution in [0.1, 0.15) is 39.5 Å². The van der Waals surface area contributed by atoms with Crippen molar-refractivity contribution in [3.63, 3.8) is 0 Å². The molecule has 0 amide bonds. The van der Waals surface area contributed by atoms with Crippen LogP contribution in [-0.2, 0) is 9.53 Å². The second kappa shape index (κ2) is 4.48. The summed E-state index contributed by atoms with van der Waals surface area (Å²) in [5.74, 6) is 1.03. The van der Waals surface area contributed by atoms with Gasteiger partial charge in [-0.2, -0.15) is 0 Å². The molecule has 0 unspecified atom stereocenters. The Balaban J connectivity index is 2.41. The minimum Gasteiger partial charge on any atom is -0.465 e. The standard InChI is InChI=1S/C10H18O2/c1-8-4-3-5-9(2)7-12-10(11)6-8/h8-9H,3-7H2,1-2H3/t8-,9-/m0/s1. The van der Waals surface area contributed by atoms with E-state index in [1.165, 1.54) is 19.3 Å². The maximum Gasteiger partial charge on any atom is 0.306 e. The van der Waals surface area contributed by atoms with Gasteiger partial charge in [0.25, 0.3) is 0 Å². The Labute approximate surface area is 74.3 Å². The smallest absolute Gasteiger partial charge is 0.306 e. The molecule has 2 heteroatoms. The SMILES string of the molecule is C[C@H]1CCC[C@H](C)CC(=O)OC1. The lowest BCUT2D eigenvalue weighted by Crippen LogP contribution is -2.11. The van der Waals surface area contributed by atoms with Gasteiger partial charge in [-0.3, -0.25) is 4.79 Å². The van der Waals surface area contributed by atoms with Crippen LogP contribution in [0.4, 0.5) is 0 Å². The fraction of sp³-hybridized carbons (Fsp3) is 0.900. The summed E-state index contributed by atoms with van der Waals surface area (Å²) < 4.78 is 5.11. The zero-order valence-electron chi connectivity index (χ0n) is 8.01. The van der Waals surface area contributed by atoms with Crippen LogP contribution in [0, 0.1) is 11.8 Å². The molecule has 0 N–H and O–H groups in total. The van der Waals surface area contributed by atoms with Crippen LogP contribution in [-0.4, -0.2) is 12.6 Å². The van der Waals surface area contributed by atoms with Crippen LogP contribution in [0.15, 0.2) is 0 Å². The normalized spacial score (nSPS) is 33.0. The van der Waals surface area contributed by atoms with Crippen molar-refractivity contribution in [2.24, 2.45) is 11.8 Å². The molecular weight excluding hydrogens is 152 g/mol. The summed E-state index contributed by atoms with van der Waals surface area (Å²) >= 11 is 0. The Hall–Kier alpha value is -0.530. The number of carbonyl (C=O) groups is 1. The van der Waals surface area contributed by atoms with Crippen molar-refractivity contribution in [3.05, 3.63) is 0 Å². The molecule has 1 aliphatic heterocycles. The van der Waals surface area contributed by atoms with E-state index in [1.807, 2.05) is 0 Å². The summed E-state index contributed by atoms with van der Waals surface area (Å²) in [6, 6.07) is 0. The highest BCUT2D eigenvalue weighted by Gasteiger charge is 2.15. The minimum atomic E-state index is -0.0174. The molecule has 12 heavy (non-hydrogen) atoms. The van der Waals surface area contributed by atoms with Gasteiger partial charge in [-0.25, -0.2) is 0 Å². The van der Waals surface area contributed by atoms with Gasteiger partial charge in [0.05, 0.1) is 6.61 Å². The molecular formula is C10H18O2. The highest BCUT2D eigenvalue weighted by molar-refractivity contribution is 5.69. The van der Waals surface area contributed by atoms with Gasteiger partial charge in [0.2, 0.25) is 0 Å². The predicted molar refractivity (Wildman–Crippen MR) is 47.8 cm³/mol. The van der Waals surface area contributed by atoms with Gasteiger partial charge < -0.3 is 4.74 Å². The van der Waals surface area contributed by atoms with E-state index in [9.17, 15) is 4.79 Å². The van der Waals surface area contributed by atoms with Crippen molar-refractivity contribution in [2.75, 3.05) is 6.61 Å². The Bertz CT molecular complexity index is 154. The molecule has 1 saturated heterocycles. The van der Waals surface area contributed by atoms with E-state index < -0.39 is 0 Å². The third-order valence-electron chi connectivity index (χ3n) is 2.44. The van der Waals surface area contributed by atoms with Crippen molar-refractivity contribution >= 4 is 5.97 Å². The molecule has 0 spiro atoms. The molecule has 2 atom stereocenters. The zero-order valence-corrected chi connectivity index (χ0v) is 8.01. The van der Waals surface area contributed by atoms with E-state index in [-0.39, 0.29) is 5.97 Å². The van der Waals surface area contributed by atoms with Crippen LogP contribution in [0.5, 0.6) is 0 Å². The number of rotatable bonds is 0. The van der Waals surface area contributed by atoms with Crippen LogP contribution in [0.3, 0.4) is 0 Å². The molecule has 1 aliphatic rings. The maximum absolute atomic E-state index is 11.1. The molecule has 2 nitrogen and oxygen atoms in total. The summed E-state index contributed by atoms with van der Waals surface area (Å²) in [5.41, 5.74) is 0. The fourth-order valence-electron chi connectivity index (χ4n) is 1.58. The molecule has 0 radical (unpaired) electrons. The highest BCUT2D eigenvalue weighted by Crippen LogP contribution is 2.18. The summed E-state index contributed by atoms with van der Waals surface area (Å²) in [7, 11) is 0. The number of hydrogen-bond donors (Lipinski definition) is 0. The van der Waals surface area contributed by atoms with Crippen molar-refractivity contribution in [3.8, 4) is 0 Å². The lowest BCUT2D eigenvalue weighted by molar-refractivity contribution is -0.145. The number of hydrogen-bond acceptors (Lipinski definition) is 2. The zero-order chi connectivity index (χ0) is 8.97. The second-order valence-electron chi connectivity index (χ2n) is 4.03. The first-order valence-electron chi connectivity index (χ1n) is 4.84. The van der Waals surface area contributed by atoms with Gasteiger partial charge >= 0.3 is 5.97 Å². The van der Waals surface area contributed by atoms with Crippen molar-refractivity contribution in [1.29, 1.82) is 0 Å². The second-order valence-corrected chi connectivity index (χ2v) is 4.03. The van der Waals surface area contributed by atoms with E-state index in [0.717, 1.165) is 0 Å². The molecule has 0 saturated carbocycles. The first-order chi connectivity index (χ1) is 5.68. The Morgan fingerprint density at radius 2 is 1.92 bits per heavy atom. The van der Waals surface area contributed by atoms with Crippen molar-refractivity contribution < 1.29 is 9.53 Å². The average molecular weight is 170 g/mol. The molecule has 0 aliphatic carbocycles. The lowest BCUT2D eigenvalue weighted by atomic mass is 9.98. The monoisotopic (exact) mass is 170 g/mol. The maximum atomic E-state index is 11.1. The summed E-state index contributed by atoms with van der Waals surface area (Å²) in [4.78, 5) is 11.1. The molecule has 1 rings (SSSR count). The molecule has 0 bridgehead atoms. The van der Waals surface area contributed by atoms with Crippen molar-refractivity contribution in [1.82, 2.24) is 0 Å². The van der Waals surface area contributed by atoms with Crippen LogP contribution in [0.25, 0.3) is 0 Å². The topological polar surface area (TPSA) is 26.3 Å². The van der Waals surface area contributed by atoms with E-state index in [1.54, 1.807) is 0 Å². The summed E-state index contributed by atoms with van der Waals surface area (Å²) in [6.45, 7) is 4.88. The number of cyclic esters (lactones) is 1. The van der Waals surface area contributed by atoms with E-state index >= 15 is 0 Å². The largest absolute Gasteiger partial charge is 0.465 e. The first-order valence-corrected chi connectivity index (χ1v) is 4.84. The Morgan fingerprint density at radius 1 is 1.25 bits per heavy atom. The van der Waals surface area contributed by atoms with Gasteiger partial charge in [0.1, 0.15) is 0 Å². The molecule has 0 aromatic rings. The summed E-state index contributed by atoms with van der Waals surface area (Å²) in [5, 5.41) is 0. The number of ether oxygens (including phenoxy) is 1.